The van der Waals surface area contributed by atoms with Crippen LogP contribution in [0.5, 0.6) is 0 Å². The second-order valence-electron chi connectivity index (χ2n) is 3.75. The minimum absolute atomic E-state index is 0.122. The predicted molar refractivity (Wildman–Crippen MR) is 72.2 cm³/mol. The number of anilines is 1. The van der Waals surface area contributed by atoms with Crippen molar-refractivity contribution in [2.24, 2.45) is 0 Å². The van der Waals surface area contributed by atoms with Crippen molar-refractivity contribution in [1.82, 2.24) is 9.97 Å². The highest BCUT2D eigenvalue weighted by molar-refractivity contribution is 7.13. The number of hydrogen-bond donors (Lipinski definition) is 2. The van der Waals surface area contributed by atoms with Gasteiger partial charge in [-0.25, -0.2) is 9.97 Å². The zero-order valence-corrected chi connectivity index (χ0v) is 11.5. The lowest BCUT2D eigenvalue weighted by Gasteiger charge is -2.00. The number of carbonyl (C=O) groups is 1. The lowest BCUT2D eigenvalue weighted by atomic mass is 10.2. The first-order chi connectivity index (χ1) is 8.65. The minimum atomic E-state index is -0.794. The van der Waals surface area contributed by atoms with Crippen LogP contribution < -0.4 is 5.32 Å². The van der Waals surface area contributed by atoms with Crippen molar-refractivity contribution < 1.29 is 9.90 Å². The molecular formula is C11H13N3O2S2. The fraction of sp³-hybridized carbons (Fsp3) is 0.364. The van der Waals surface area contributed by atoms with Gasteiger partial charge in [0, 0.05) is 16.7 Å². The summed E-state index contributed by atoms with van der Waals surface area (Å²) in [6.07, 6.45) is 0.601. The van der Waals surface area contributed by atoms with Crippen LogP contribution in [0.4, 0.5) is 5.13 Å². The highest BCUT2D eigenvalue weighted by Crippen LogP contribution is 2.19. The summed E-state index contributed by atoms with van der Waals surface area (Å²) < 4.78 is 0. The molecule has 96 valence electrons. The molecule has 2 heterocycles. The van der Waals surface area contributed by atoms with Crippen LogP contribution in [0.1, 0.15) is 22.7 Å². The molecule has 0 saturated heterocycles. The zero-order chi connectivity index (χ0) is 13.0. The quantitative estimate of drug-likeness (QED) is 0.852. The molecule has 5 nitrogen and oxygen atoms in total. The number of carboxylic acids is 1. The number of rotatable bonds is 6. The van der Waals surface area contributed by atoms with E-state index < -0.39 is 5.97 Å². The molecule has 0 unspecified atom stereocenters. The molecule has 2 aromatic heterocycles. The van der Waals surface area contributed by atoms with Gasteiger partial charge in [0.05, 0.1) is 29.9 Å². The molecular weight excluding hydrogens is 270 g/mol. The van der Waals surface area contributed by atoms with Crippen molar-refractivity contribution in [3.63, 3.8) is 0 Å². The van der Waals surface area contributed by atoms with Crippen molar-refractivity contribution >= 4 is 33.8 Å². The van der Waals surface area contributed by atoms with E-state index in [1.807, 2.05) is 17.8 Å². The van der Waals surface area contributed by atoms with E-state index in [4.69, 9.17) is 5.11 Å². The number of carboxylic acid groups (broad SMARTS) is 1. The maximum atomic E-state index is 10.5. The third-order valence-corrected chi connectivity index (χ3v) is 4.18. The van der Waals surface area contributed by atoms with E-state index in [1.54, 1.807) is 11.3 Å². The molecule has 0 aliphatic heterocycles. The Morgan fingerprint density at radius 1 is 1.50 bits per heavy atom. The molecule has 0 fully saturated rings. The Bertz CT molecular complexity index is 536. The van der Waals surface area contributed by atoms with Crippen molar-refractivity contribution in [3.05, 3.63) is 27.2 Å². The van der Waals surface area contributed by atoms with Gasteiger partial charge in [-0.2, -0.15) is 0 Å². The molecule has 2 rings (SSSR count). The van der Waals surface area contributed by atoms with Gasteiger partial charge in [0.25, 0.3) is 0 Å². The second kappa shape index (κ2) is 5.92. The Morgan fingerprint density at radius 3 is 3.00 bits per heavy atom. The summed E-state index contributed by atoms with van der Waals surface area (Å²) in [4.78, 5) is 20.2. The van der Waals surface area contributed by atoms with Crippen LogP contribution >= 0.6 is 22.7 Å². The molecule has 0 saturated carbocycles. The largest absolute Gasteiger partial charge is 0.481 e. The van der Waals surface area contributed by atoms with E-state index in [-0.39, 0.29) is 6.42 Å². The highest BCUT2D eigenvalue weighted by Gasteiger charge is 2.06. The molecule has 2 N–H and O–H groups in total. The first-order valence-corrected chi connectivity index (χ1v) is 7.20. The van der Waals surface area contributed by atoms with Crippen molar-refractivity contribution in [1.29, 1.82) is 0 Å². The molecule has 0 aliphatic carbocycles. The average molecular weight is 283 g/mol. The predicted octanol–water partition coefficient (Wildman–Crippen LogP) is 2.54. The fourth-order valence-corrected chi connectivity index (χ4v) is 2.85. The van der Waals surface area contributed by atoms with Crippen molar-refractivity contribution in [2.45, 2.75) is 26.3 Å². The number of thiazole rings is 2. The number of aryl methyl sites for hydroxylation is 2. The molecule has 18 heavy (non-hydrogen) atoms. The second-order valence-corrected chi connectivity index (χ2v) is 5.55. The number of nitrogens with one attached hydrogen (secondary N) is 1. The van der Waals surface area contributed by atoms with Gasteiger partial charge in [-0.05, 0) is 6.92 Å². The van der Waals surface area contributed by atoms with Crippen LogP contribution in [0.25, 0.3) is 0 Å². The summed E-state index contributed by atoms with van der Waals surface area (Å²) in [6.45, 7) is 2.69. The minimum Gasteiger partial charge on any atom is -0.481 e. The van der Waals surface area contributed by atoms with Gasteiger partial charge in [0.2, 0.25) is 0 Å². The molecule has 0 amide bonds. The van der Waals surface area contributed by atoms with Gasteiger partial charge in [-0.3, -0.25) is 4.79 Å². The number of hydrogen-bond acceptors (Lipinski definition) is 6. The summed E-state index contributed by atoms with van der Waals surface area (Å²) in [7, 11) is 0. The van der Waals surface area contributed by atoms with Crippen LogP contribution in [-0.2, 0) is 17.8 Å². The van der Waals surface area contributed by atoms with E-state index in [2.05, 4.69) is 15.3 Å². The summed E-state index contributed by atoms with van der Waals surface area (Å²) in [5.74, 6) is -0.794. The molecule has 0 bridgehead atoms. The lowest BCUT2D eigenvalue weighted by molar-refractivity contribution is -0.136. The van der Waals surface area contributed by atoms with Crippen LogP contribution in [0.15, 0.2) is 10.9 Å². The van der Waals surface area contributed by atoms with E-state index >= 15 is 0 Å². The SMILES string of the molecule is Cc1ncsc1CNc1nc(CCC(=O)O)cs1. The summed E-state index contributed by atoms with van der Waals surface area (Å²) in [5.41, 5.74) is 3.69. The molecule has 7 heteroatoms. The Labute approximate surface area is 113 Å². The van der Waals surface area contributed by atoms with Crippen molar-refractivity contribution in [3.8, 4) is 0 Å². The van der Waals surface area contributed by atoms with Crippen LogP contribution in [-0.4, -0.2) is 21.0 Å². The van der Waals surface area contributed by atoms with E-state index in [0.717, 1.165) is 16.5 Å². The first-order valence-electron chi connectivity index (χ1n) is 5.44. The van der Waals surface area contributed by atoms with Crippen LogP contribution in [0.2, 0.25) is 0 Å². The Hall–Kier alpha value is -1.47. The normalized spacial score (nSPS) is 10.5. The molecule has 0 spiro atoms. The Balaban J connectivity index is 1.87. The smallest absolute Gasteiger partial charge is 0.303 e. The highest BCUT2D eigenvalue weighted by atomic mass is 32.1. The number of aliphatic carboxylic acids is 1. The van der Waals surface area contributed by atoms with Gasteiger partial charge in [-0.1, -0.05) is 0 Å². The van der Waals surface area contributed by atoms with E-state index in [9.17, 15) is 4.79 Å². The summed E-state index contributed by atoms with van der Waals surface area (Å²) >= 11 is 3.11. The van der Waals surface area contributed by atoms with Gasteiger partial charge < -0.3 is 10.4 Å². The Kier molecular flexibility index (Phi) is 4.27. The third-order valence-electron chi connectivity index (χ3n) is 2.39. The van der Waals surface area contributed by atoms with Crippen molar-refractivity contribution in [2.75, 3.05) is 5.32 Å². The first kappa shape index (κ1) is 13.0. The fourth-order valence-electron chi connectivity index (χ4n) is 1.39. The van der Waals surface area contributed by atoms with E-state index in [1.165, 1.54) is 16.2 Å². The molecule has 0 radical (unpaired) electrons. The van der Waals surface area contributed by atoms with Gasteiger partial charge in [0.1, 0.15) is 0 Å². The average Bonchev–Trinajstić information content (AvgIpc) is 2.93. The standard InChI is InChI=1S/C11H13N3O2S2/c1-7-9(18-6-13-7)4-12-11-14-8(5-17-11)2-3-10(15)16/h5-6H,2-4H2,1H3,(H,12,14)(H,15,16). The topological polar surface area (TPSA) is 75.1 Å². The maximum Gasteiger partial charge on any atom is 0.303 e. The van der Waals surface area contributed by atoms with Gasteiger partial charge in [-0.15, -0.1) is 22.7 Å². The van der Waals surface area contributed by atoms with Gasteiger partial charge >= 0.3 is 5.97 Å². The molecule has 0 atom stereocenters. The molecule has 0 aliphatic rings. The molecule has 0 aromatic carbocycles. The maximum absolute atomic E-state index is 10.5. The molecule has 2 aromatic rings. The monoisotopic (exact) mass is 283 g/mol. The van der Waals surface area contributed by atoms with E-state index in [0.29, 0.717) is 13.0 Å². The van der Waals surface area contributed by atoms with Crippen LogP contribution in [0, 0.1) is 6.92 Å². The zero-order valence-electron chi connectivity index (χ0n) is 9.84. The summed E-state index contributed by atoms with van der Waals surface area (Å²) in [6, 6.07) is 0. The number of nitrogens with zero attached hydrogens (tertiary/aromatic N) is 2. The third kappa shape index (κ3) is 3.51. The summed E-state index contributed by atoms with van der Waals surface area (Å²) in [5, 5.41) is 14.5. The Morgan fingerprint density at radius 2 is 2.33 bits per heavy atom. The van der Waals surface area contributed by atoms with Gasteiger partial charge in [0.15, 0.2) is 5.13 Å². The number of aromatic nitrogens is 2. The van der Waals surface area contributed by atoms with Crippen LogP contribution in [0.3, 0.4) is 0 Å². The lowest BCUT2D eigenvalue weighted by Crippen LogP contribution is -2.00.